The second kappa shape index (κ2) is 7.76. The van der Waals surface area contributed by atoms with E-state index in [9.17, 15) is 4.79 Å². The van der Waals surface area contributed by atoms with E-state index in [-0.39, 0.29) is 12.8 Å². The van der Waals surface area contributed by atoms with Crippen molar-refractivity contribution in [3.63, 3.8) is 0 Å². The Kier molecular flexibility index (Phi) is 5.72. The van der Waals surface area contributed by atoms with Gasteiger partial charge >= 0.3 is 6.03 Å². The fraction of sp³-hybridized carbons (Fsp3) is 0.133. The number of carbonyl (C=O) groups excluding carboxylic acids is 1. The molecule has 6 heteroatoms. The average Bonchev–Trinajstić information content (AvgIpc) is 2.49. The average molecular weight is 325 g/mol. The zero-order valence-corrected chi connectivity index (χ0v) is 12.6. The summed E-state index contributed by atoms with van der Waals surface area (Å²) in [4.78, 5) is 11.6. The van der Waals surface area contributed by atoms with E-state index in [0.29, 0.717) is 22.3 Å². The van der Waals surface area contributed by atoms with Crippen molar-refractivity contribution >= 4 is 29.2 Å². The Balaban J connectivity index is 1.67. The summed E-state index contributed by atoms with van der Waals surface area (Å²) < 4.78 is 5.35. The molecule has 2 amide bonds. The SMILES string of the molecule is O=C(NCOc1ccc(Cl)cc1)NCc1ccc(Cl)cc1. The van der Waals surface area contributed by atoms with Crippen LogP contribution in [0.5, 0.6) is 5.75 Å². The van der Waals surface area contributed by atoms with Crippen LogP contribution >= 0.6 is 23.2 Å². The number of ether oxygens (including phenoxy) is 1. The van der Waals surface area contributed by atoms with Crippen molar-refractivity contribution in [3.8, 4) is 5.75 Å². The molecule has 0 spiro atoms. The largest absolute Gasteiger partial charge is 0.473 e. The fourth-order valence-corrected chi connectivity index (χ4v) is 1.81. The van der Waals surface area contributed by atoms with Gasteiger partial charge in [0.1, 0.15) is 5.75 Å². The van der Waals surface area contributed by atoms with Crippen molar-refractivity contribution in [2.75, 3.05) is 6.73 Å². The zero-order valence-electron chi connectivity index (χ0n) is 11.1. The standard InChI is InChI=1S/C15H14Cl2N2O2/c16-12-3-1-11(2-4-12)9-18-15(20)19-10-21-14-7-5-13(17)6-8-14/h1-8H,9-10H2,(H2,18,19,20). The normalized spacial score (nSPS) is 10.0. The van der Waals surface area contributed by atoms with Gasteiger partial charge in [-0.3, -0.25) is 0 Å². The maximum absolute atomic E-state index is 11.6. The lowest BCUT2D eigenvalue weighted by Gasteiger charge is -2.09. The van der Waals surface area contributed by atoms with E-state index < -0.39 is 0 Å². The molecule has 0 atom stereocenters. The molecular weight excluding hydrogens is 311 g/mol. The Labute approximate surface area is 133 Å². The van der Waals surface area contributed by atoms with Crippen molar-refractivity contribution in [1.29, 1.82) is 0 Å². The van der Waals surface area contributed by atoms with Gasteiger partial charge < -0.3 is 15.4 Å². The summed E-state index contributed by atoms with van der Waals surface area (Å²) in [6.45, 7) is 0.498. The predicted molar refractivity (Wildman–Crippen MR) is 83.8 cm³/mol. The van der Waals surface area contributed by atoms with E-state index in [1.165, 1.54) is 0 Å². The molecule has 2 N–H and O–H groups in total. The van der Waals surface area contributed by atoms with Gasteiger partial charge in [-0.1, -0.05) is 35.3 Å². The second-order valence-electron chi connectivity index (χ2n) is 4.23. The van der Waals surface area contributed by atoms with Gasteiger partial charge in [0.2, 0.25) is 0 Å². The number of carbonyl (C=O) groups is 1. The molecular formula is C15H14Cl2N2O2. The molecule has 0 fully saturated rings. The van der Waals surface area contributed by atoms with Gasteiger partial charge in [-0.25, -0.2) is 4.79 Å². The lowest BCUT2D eigenvalue weighted by atomic mass is 10.2. The minimum Gasteiger partial charge on any atom is -0.473 e. The van der Waals surface area contributed by atoms with Crippen molar-refractivity contribution in [1.82, 2.24) is 10.6 Å². The molecule has 0 radical (unpaired) electrons. The van der Waals surface area contributed by atoms with E-state index in [1.54, 1.807) is 36.4 Å². The molecule has 2 rings (SSSR count). The summed E-state index contributed by atoms with van der Waals surface area (Å²) in [5, 5.41) is 6.62. The van der Waals surface area contributed by atoms with Crippen LogP contribution in [0.1, 0.15) is 5.56 Å². The van der Waals surface area contributed by atoms with Crippen LogP contribution in [0.4, 0.5) is 4.79 Å². The second-order valence-corrected chi connectivity index (χ2v) is 5.10. The first-order valence-electron chi connectivity index (χ1n) is 6.28. The van der Waals surface area contributed by atoms with Gasteiger partial charge in [-0.2, -0.15) is 0 Å². The summed E-state index contributed by atoms with van der Waals surface area (Å²) >= 11 is 11.5. The van der Waals surface area contributed by atoms with Gasteiger partial charge in [-0.05, 0) is 42.0 Å². The molecule has 0 heterocycles. The zero-order chi connectivity index (χ0) is 15.1. The number of benzene rings is 2. The van der Waals surface area contributed by atoms with Gasteiger partial charge in [-0.15, -0.1) is 0 Å². The highest BCUT2D eigenvalue weighted by atomic mass is 35.5. The smallest absolute Gasteiger partial charge is 0.317 e. The third-order valence-corrected chi connectivity index (χ3v) is 3.16. The number of urea groups is 1. The van der Waals surface area contributed by atoms with Crippen molar-refractivity contribution < 1.29 is 9.53 Å². The minimum absolute atomic E-state index is 0.0775. The van der Waals surface area contributed by atoms with E-state index in [4.69, 9.17) is 27.9 Å². The van der Waals surface area contributed by atoms with Crippen LogP contribution in [0.3, 0.4) is 0 Å². The Morgan fingerprint density at radius 2 is 1.48 bits per heavy atom. The number of amides is 2. The van der Waals surface area contributed by atoms with Crippen molar-refractivity contribution in [2.24, 2.45) is 0 Å². The Morgan fingerprint density at radius 3 is 2.10 bits per heavy atom. The summed E-state index contributed by atoms with van der Waals surface area (Å²) in [6, 6.07) is 13.9. The molecule has 0 saturated carbocycles. The molecule has 0 aliphatic carbocycles. The maximum atomic E-state index is 11.6. The summed E-state index contributed by atoms with van der Waals surface area (Å²) in [5.74, 6) is 0.636. The van der Waals surface area contributed by atoms with Crippen LogP contribution in [0.2, 0.25) is 10.0 Å². The highest BCUT2D eigenvalue weighted by Gasteiger charge is 2.00. The van der Waals surface area contributed by atoms with Gasteiger partial charge in [0.25, 0.3) is 0 Å². The Bertz CT molecular complexity index is 586. The third-order valence-electron chi connectivity index (χ3n) is 2.65. The molecule has 0 unspecified atom stereocenters. The van der Waals surface area contributed by atoms with Crippen molar-refractivity contribution in [3.05, 3.63) is 64.1 Å². The first kappa shape index (κ1) is 15.5. The number of hydrogen-bond acceptors (Lipinski definition) is 2. The van der Waals surface area contributed by atoms with Gasteiger partial charge in [0, 0.05) is 16.6 Å². The molecule has 0 bridgehead atoms. The van der Waals surface area contributed by atoms with Crippen LogP contribution in [-0.4, -0.2) is 12.8 Å². The highest BCUT2D eigenvalue weighted by Crippen LogP contribution is 2.14. The van der Waals surface area contributed by atoms with Gasteiger partial charge in [0.15, 0.2) is 6.73 Å². The molecule has 0 saturated heterocycles. The molecule has 2 aromatic carbocycles. The van der Waals surface area contributed by atoms with E-state index in [2.05, 4.69) is 10.6 Å². The number of hydrogen-bond donors (Lipinski definition) is 2. The molecule has 21 heavy (non-hydrogen) atoms. The van der Waals surface area contributed by atoms with Crippen LogP contribution in [-0.2, 0) is 6.54 Å². The summed E-state index contributed by atoms with van der Waals surface area (Å²) in [6.07, 6.45) is 0. The molecule has 0 aliphatic rings. The maximum Gasteiger partial charge on any atom is 0.317 e. The summed E-state index contributed by atoms with van der Waals surface area (Å²) in [5.41, 5.74) is 0.966. The van der Waals surface area contributed by atoms with Crippen LogP contribution in [0.25, 0.3) is 0 Å². The third kappa shape index (κ3) is 5.53. The Hall–Kier alpha value is -1.91. The quantitative estimate of drug-likeness (QED) is 0.821. The van der Waals surface area contributed by atoms with Crippen molar-refractivity contribution in [2.45, 2.75) is 6.54 Å². The number of halogens is 2. The number of rotatable bonds is 5. The highest BCUT2D eigenvalue weighted by molar-refractivity contribution is 6.30. The molecule has 4 nitrogen and oxygen atoms in total. The first-order chi connectivity index (χ1) is 10.1. The van der Waals surface area contributed by atoms with Gasteiger partial charge in [0.05, 0.1) is 0 Å². The summed E-state index contributed by atoms with van der Waals surface area (Å²) in [7, 11) is 0. The molecule has 0 aliphatic heterocycles. The van der Waals surface area contributed by atoms with E-state index in [0.717, 1.165) is 5.56 Å². The van der Waals surface area contributed by atoms with Crippen LogP contribution in [0.15, 0.2) is 48.5 Å². The van der Waals surface area contributed by atoms with Crippen LogP contribution < -0.4 is 15.4 Å². The van der Waals surface area contributed by atoms with Crippen LogP contribution in [0, 0.1) is 0 Å². The minimum atomic E-state index is -0.307. The monoisotopic (exact) mass is 324 g/mol. The van der Waals surface area contributed by atoms with E-state index in [1.807, 2.05) is 12.1 Å². The predicted octanol–water partition coefficient (Wildman–Crippen LogP) is 3.83. The molecule has 0 aromatic heterocycles. The van der Waals surface area contributed by atoms with E-state index >= 15 is 0 Å². The first-order valence-corrected chi connectivity index (χ1v) is 7.03. The number of nitrogens with one attached hydrogen (secondary N) is 2. The lowest BCUT2D eigenvalue weighted by molar-refractivity contribution is 0.223. The fourth-order valence-electron chi connectivity index (χ4n) is 1.56. The topological polar surface area (TPSA) is 50.4 Å². The lowest BCUT2D eigenvalue weighted by Crippen LogP contribution is -2.37. The molecule has 2 aromatic rings. The Morgan fingerprint density at radius 1 is 0.905 bits per heavy atom. The molecule has 110 valence electrons.